The number of hydrogen-bond donors (Lipinski definition) is 2. The molecule has 0 spiro atoms. The van der Waals surface area contributed by atoms with Crippen LogP contribution in [0.25, 0.3) is 0 Å². The Balaban J connectivity index is 1.42. The molecule has 8 heteroatoms. The number of nitrogens with one attached hydrogen (secondary N) is 1. The molecular weight excluding hydrogens is 382 g/mol. The zero-order valence-electron chi connectivity index (χ0n) is 16.5. The third-order valence-corrected chi connectivity index (χ3v) is 6.27. The first-order chi connectivity index (χ1) is 14.5. The van der Waals surface area contributed by atoms with Crippen LogP contribution in [0.5, 0.6) is 0 Å². The summed E-state index contributed by atoms with van der Waals surface area (Å²) in [5.74, 6) is 0.0633. The van der Waals surface area contributed by atoms with E-state index in [1.807, 2.05) is 30.3 Å². The molecule has 30 heavy (non-hydrogen) atoms. The lowest BCUT2D eigenvalue weighted by atomic mass is 9.98. The lowest BCUT2D eigenvalue weighted by molar-refractivity contribution is -0.136. The highest BCUT2D eigenvalue weighted by Gasteiger charge is 2.40. The third kappa shape index (κ3) is 3.04. The minimum absolute atomic E-state index is 0.0176. The fourth-order valence-corrected chi connectivity index (χ4v) is 4.68. The van der Waals surface area contributed by atoms with E-state index in [1.54, 1.807) is 11.1 Å². The van der Waals surface area contributed by atoms with Crippen LogP contribution in [0.1, 0.15) is 52.4 Å². The van der Waals surface area contributed by atoms with Crippen molar-refractivity contribution in [1.29, 1.82) is 0 Å². The van der Waals surface area contributed by atoms with Gasteiger partial charge < -0.3 is 15.5 Å². The fraction of sp³-hybridized carbons (Fsp3) is 0.364. The number of rotatable bonds is 3. The molecule has 0 bridgehead atoms. The highest BCUT2D eigenvalue weighted by atomic mass is 16.2. The minimum Gasteiger partial charge on any atom is -0.352 e. The summed E-state index contributed by atoms with van der Waals surface area (Å²) in [4.78, 5) is 45.1. The van der Waals surface area contributed by atoms with Crippen molar-refractivity contribution in [3.8, 4) is 0 Å². The Hall–Kier alpha value is -3.26. The smallest absolute Gasteiger partial charge is 0.255 e. The number of amides is 3. The Labute approximate surface area is 174 Å². The maximum atomic E-state index is 13.0. The zero-order valence-corrected chi connectivity index (χ0v) is 16.5. The molecular formula is C22H23N5O3. The van der Waals surface area contributed by atoms with E-state index in [2.05, 4.69) is 15.2 Å². The molecule has 154 valence electrons. The summed E-state index contributed by atoms with van der Waals surface area (Å²) in [5, 5.41) is 2.35. The Kier molecular flexibility index (Phi) is 4.51. The predicted molar refractivity (Wildman–Crippen MR) is 109 cm³/mol. The topological polar surface area (TPSA) is 109 Å². The SMILES string of the molecule is NC1CCN(Cc2cccc3c2CN(C2CCC(=O)NC2=O)C3=O)c2ncccc21. The summed E-state index contributed by atoms with van der Waals surface area (Å²) in [7, 11) is 0. The van der Waals surface area contributed by atoms with E-state index in [0.717, 1.165) is 35.5 Å². The van der Waals surface area contributed by atoms with Crippen LogP contribution in [-0.4, -0.2) is 40.2 Å². The standard InChI is InChI=1S/C22H23N5O3/c23-17-8-10-26(20-15(17)5-2-9-24-20)11-13-3-1-4-14-16(13)12-27(22(14)30)18-6-7-19(28)25-21(18)29/h1-5,9,17-18H,6-8,10-12,23H2,(H,25,28,29). The summed E-state index contributed by atoms with van der Waals surface area (Å²) in [6, 6.07) is 9.01. The number of aromatic nitrogens is 1. The van der Waals surface area contributed by atoms with Crippen LogP contribution in [-0.2, 0) is 22.7 Å². The number of nitrogens with zero attached hydrogens (tertiary/aromatic N) is 3. The molecule has 4 heterocycles. The van der Waals surface area contributed by atoms with Gasteiger partial charge in [0.1, 0.15) is 11.9 Å². The minimum atomic E-state index is -0.606. The molecule has 2 unspecified atom stereocenters. The second-order valence-electron chi connectivity index (χ2n) is 8.08. The molecule has 8 nitrogen and oxygen atoms in total. The number of anilines is 1. The molecule has 3 aliphatic rings. The van der Waals surface area contributed by atoms with Crippen LogP contribution in [0.2, 0.25) is 0 Å². The lowest BCUT2D eigenvalue weighted by Gasteiger charge is -2.33. The monoisotopic (exact) mass is 405 g/mol. The van der Waals surface area contributed by atoms with Crippen molar-refractivity contribution >= 4 is 23.5 Å². The number of piperidine rings is 1. The third-order valence-electron chi connectivity index (χ3n) is 6.27. The number of benzene rings is 1. The van der Waals surface area contributed by atoms with Gasteiger partial charge >= 0.3 is 0 Å². The number of imide groups is 1. The molecule has 3 aliphatic heterocycles. The van der Waals surface area contributed by atoms with Crippen LogP contribution in [0.15, 0.2) is 36.5 Å². The van der Waals surface area contributed by atoms with Crippen molar-refractivity contribution in [2.24, 2.45) is 5.73 Å². The summed E-state index contributed by atoms with van der Waals surface area (Å²) in [6.07, 6.45) is 3.23. The van der Waals surface area contributed by atoms with E-state index in [1.165, 1.54) is 0 Å². The number of pyridine rings is 1. The molecule has 1 aromatic carbocycles. The number of carbonyl (C=O) groups is 3. The Morgan fingerprint density at radius 1 is 1.13 bits per heavy atom. The van der Waals surface area contributed by atoms with E-state index < -0.39 is 11.9 Å². The summed E-state index contributed by atoms with van der Waals surface area (Å²) in [6.45, 7) is 1.79. The highest BCUT2D eigenvalue weighted by Crippen LogP contribution is 2.34. The van der Waals surface area contributed by atoms with Gasteiger partial charge in [-0.2, -0.15) is 0 Å². The van der Waals surface area contributed by atoms with Crippen LogP contribution >= 0.6 is 0 Å². The average molecular weight is 405 g/mol. The van der Waals surface area contributed by atoms with E-state index >= 15 is 0 Å². The van der Waals surface area contributed by atoms with Gasteiger partial charge in [-0.25, -0.2) is 4.98 Å². The molecule has 1 saturated heterocycles. The van der Waals surface area contributed by atoms with Crippen LogP contribution < -0.4 is 16.0 Å². The molecule has 3 amide bonds. The van der Waals surface area contributed by atoms with Gasteiger partial charge in [0.25, 0.3) is 5.91 Å². The van der Waals surface area contributed by atoms with Crippen molar-refractivity contribution in [2.75, 3.05) is 11.4 Å². The molecule has 1 aromatic heterocycles. The first-order valence-electron chi connectivity index (χ1n) is 10.2. The van der Waals surface area contributed by atoms with Crippen LogP contribution in [0, 0.1) is 0 Å². The van der Waals surface area contributed by atoms with E-state index in [9.17, 15) is 14.4 Å². The maximum absolute atomic E-state index is 13.0. The number of hydrogen-bond acceptors (Lipinski definition) is 6. The Morgan fingerprint density at radius 2 is 2.00 bits per heavy atom. The van der Waals surface area contributed by atoms with E-state index in [4.69, 9.17) is 5.73 Å². The lowest BCUT2D eigenvalue weighted by Crippen LogP contribution is -2.52. The van der Waals surface area contributed by atoms with Gasteiger partial charge in [0.05, 0.1) is 0 Å². The predicted octanol–water partition coefficient (Wildman–Crippen LogP) is 1.25. The Bertz CT molecular complexity index is 1050. The van der Waals surface area contributed by atoms with E-state index in [0.29, 0.717) is 25.1 Å². The first-order valence-corrected chi connectivity index (χ1v) is 10.2. The summed E-state index contributed by atoms with van der Waals surface area (Å²) < 4.78 is 0. The van der Waals surface area contributed by atoms with Gasteiger partial charge in [-0.1, -0.05) is 18.2 Å². The summed E-state index contributed by atoms with van der Waals surface area (Å²) in [5.41, 5.74) is 9.91. The highest BCUT2D eigenvalue weighted by molar-refractivity contribution is 6.05. The molecule has 1 fully saturated rings. The van der Waals surface area contributed by atoms with Crippen molar-refractivity contribution in [3.05, 3.63) is 58.8 Å². The molecule has 3 N–H and O–H groups in total. The maximum Gasteiger partial charge on any atom is 0.255 e. The molecule has 0 aliphatic carbocycles. The quantitative estimate of drug-likeness (QED) is 0.744. The van der Waals surface area contributed by atoms with Crippen LogP contribution in [0.4, 0.5) is 5.82 Å². The first kappa shape index (κ1) is 18.7. The van der Waals surface area contributed by atoms with Gasteiger partial charge in [0.15, 0.2) is 0 Å². The van der Waals surface area contributed by atoms with Crippen molar-refractivity contribution in [2.45, 2.75) is 44.4 Å². The molecule has 5 rings (SSSR count). The molecule has 0 radical (unpaired) electrons. The van der Waals surface area contributed by atoms with Gasteiger partial charge in [0, 0.05) is 49.4 Å². The van der Waals surface area contributed by atoms with Crippen molar-refractivity contribution < 1.29 is 14.4 Å². The van der Waals surface area contributed by atoms with Gasteiger partial charge in [-0.05, 0) is 36.1 Å². The fourth-order valence-electron chi connectivity index (χ4n) is 4.68. The van der Waals surface area contributed by atoms with E-state index in [-0.39, 0.29) is 24.3 Å². The second-order valence-corrected chi connectivity index (χ2v) is 8.08. The zero-order chi connectivity index (χ0) is 20.8. The largest absolute Gasteiger partial charge is 0.352 e. The Morgan fingerprint density at radius 3 is 2.83 bits per heavy atom. The van der Waals surface area contributed by atoms with Crippen molar-refractivity contribution in [1.82, 2.24) is 15.2 Å². The molecule has 2 atom stereocenters. The summed E-state index contributed by atoms with van der Waals surface area (Å²) >= 11 is 0. The number of fused-ring (bicyclic) bond motifs is 2. The number of carbonyl (C=O) groups excluding carboxylic acids is 3. The van der Waals surface area contributed by atoms with Gasteiger partial charge in [0.2, 0.25) is 11.8 Å². The average Bonchev–Trinajstić information content (AvgIpc) is 3.08. The van der Waals surface area contributed by atoms with Crippen LogP contribution in [0.3, 0.4) is 0 Å². The second kappa shape index (κ2) is 7.21. The number of nitrogens with two attached hydrogens (primary N) is 1. The molecule has 2 aromatic rings. The van der Waals surface area contributed by atoms with Gasteiger partial charge in [-0.15, -0.1) is 0 Å². The van der Waals surface area contributed by atoms with Crippen molar-refractivity contribution in [3.63, 3.8) is 0 Å². The van der Waals surface area contributed by atoms with Gasteiger partial charge in [-0.3, -0.25) is 19.7 Å². The normalized spacial score (nSPS) is 23.3. The molecule has 0 saturated carbocycles.